The van der Waals surface area contributed by atoms with Crippen molar-refractivity contribution in [2.45, 2.75) is 19.9 Å². The van der Waals surface area contributed by atoms with E-state index in [1.165, 1.54) is 0 Å². The summed E-state index contributed by atoms with van der Waals surface area (Å²) >= 11 is 6.05. The van der Waals surface area contributed by atoms with Crippen LogP contribution in [0.4, 0.5) is 0 Å². The minimum absolute atomic E-state index is 0.100. The van der Waals surface area contributed by atoms with Crippen LogP contribution in [0.15, 0.2) is 36.5 Å². The number of aryl methyl sites for hydroxylation is 2. The molecule has 3 N–H and O–H groups in total. The standard InChI is InChI=1S/C14H16ClN3/c1-9-3-6-12(15)7-13(9)14(18-16)11-5-4-10(2)17-8-11/h3-8,14,18H,16H2,1-2H3. The summed E-state index contributed by atoms with van der Waals surface area (Å²) in [5, 5.41) is 0.705. The van der Waals surface area contributed by atoms with Crippen LogP contribution in [0.2, 0.25) is 5.02 Å². The topological polar surface area (TPSA) is 50.9 Å². The van der Waals surface area contributed by atoms with Gasteiger partial charge in [0.05, 0.1) is 6.04 Å². The number of aromatic nitrogens is 1. The van der Waals surface area contributed by atoms with Gasteiger partial charge in [0.25, 0.3) is 0 Å². The van der Waals surface area contributed by atoms with Crippen LogP contribution in [-0.4, -0.2) is 4.98 Å². The van der Waals surface area contributed by atoms with Crippen LogP contribution in [0.25, 0.3) is 0 Å². The minimum atomic E-state index is -0.100. The number of nitrogens with two attached hydrogens (primary N) is 1. The molecule has 0 bridgehead atoms. The van der Waals surface area contributed by atoms with Gasteiger partial charge < -0.3 is 0 Å². The number of pyridine rings is 1. The van der Waals surface area contributed by atoms with Gasteiger partial charge in [0.1, 0.15) is 0 Å². The Labute approximate surface area is 112 Å². The lowest BCUT2D eigenvalue weighted by Gasteiger charge is -2.19. The second-order valence-corrected chi connectivity index (χ2v) is 4.77. The third-order valence-corrected chi connectivity index (χ3v) is 3.22. The van der Waals surface area contributed by atoms with E-state index in [0.717, 1.165) is 22.4 Å². The van der Waals surface area contributed by atoms with Gasteiger partial charge in [-0.15, -0.1) is 0 Å². The lowest BCUT2D eigenvalue weighted by molar-refractivity contribution is 0.631. The molecule has 1 unspecified atom stereocenters. The van der Waals surface area contributed by atoms with Crippen molar-refractivity contribution in [1.29, 1.82) is 0 Å². The van der Waals surface area contributed by atoms with E-state index in [4.69, 9.17) is 17.4 Å². The first-order chi connectivity index (χ1) is 8.61. The molecule has 0 aliphatic heterocycles. The molecule has 0 aliphatic carbocycles. The van der Waals surface area contributed by atoms with E-state index in [1.807, 2.05) is 50.4 Å². The molecule has 4 heteroatoms. The van der Waals surface area contributed by atoms with E-state index < -0.39 is 0 Å². The summed E-state index contributed by atoms with van der Waals surface area (Å²) in [6, 6.07) is 9.69. The van der Waals surface area contributed by atoms with Gasteiger partial charge in [-0.2, -0.15) is 0 Å². The zero-order chi connectivity index (χ0) is 13.1. The smallest absolute Gasteiger partial charge is 0.0728 e. The Bertz CT molecular complexity index is 537. The molecule has 0 aliphatic rings. The van der Waals surface area contributed by atoms with Crippen molar-refractivity contribution in [1.82, 2.24) is 10.4 Å². The van der Waals surface area contributed by atoms with Gasteiger partial charge in [-0.05, 0) is 48.7 Å². The Morgan fingerprint density at radius 3 is 2.61 bits per heavy atom. The average molecular weight is 262 g/mol. The van der Waals surface area contributed by atoms with Crippen LogP contribution in [0, 0.1) is 13.8 Å². The van der Waals surface area contributed by atoms with Crippen LogP contribution in [0.3, 0.4) is 0 Å². The predicted octanol–water partition coefficient (Wildman–Crippen LogP) is 2.90. The van der Waals surface area contributed by atoms with Gasteiger partial charge in [-0.25, -0.2) is 5.43 Å². The molecule has 0 amide bonds. The first kappa shape index (κ1) is 13.0. The average Bonchev–Trinajstić information content (AvgIpc) is 2.37. The van der Waals surface area contributed by atoms with Gasteiger partial charge in [0, 0.05) is 16.9 Å². The normalized spacial score (nSPS) is 12.4. The van der Waals surface area contributed by atoms with Crippen molar-refractivity contribution in [2.75, 3.05) is 0 Å². The van der Waals surface area contributed by atoms with Crippen molar-refractivity contribution >= 4 is 11.6 Å². The maximum atomic E-state index is 6.05. The lowest BCUT2D eigenvalue weighted by Crippen LogP contribution is -2.29. The van der Waals surface area contributed by atoms with Gasteiger partial charge in [0.15, 0.2) is 0 Å². The van der Waals surface area contributed by atoms with Crippen molar-refractivity contribution in [3.63, 3.8) is 0 Å². The monoisotopic (exact) mass is 261 g/mol. The highest BCUT2D eigenvalue weighted by atomic mass is 35.5. The Morgan fingerprint density at radius 1 is 1.22 bits per heavy atom. The molecular weight excluding hydrogens is 246 g/mol. The molecule has 0 spiro atoms. The first-order valence-corrected chi connectivity index (χ1v) is 6.14. The fourth-order valence-electron chi connectivity index (χ4n) is 1.94. The minimum Gasteiger partial charge on any atom is -0.271 e. The maximum absolute atomic E-state index is 6.05. The van der Waals surface area contributed by atoms with Crippen molar-refractivity contribution in [3.05, 3.63) is 63.9 Å². The SMILES string of the molecule is Cc1ccc(C(NN)c2cc(Cl)ccc2C)cn1. The van der Waals surface area contributed by atoms with Gasteiger partial charge in [-0.1, -0.05) is 23.7 Å². The molecule has 0 fully saturated rings. The summed E-state index contributed by atoms with van der Waals surface area (Å²) < 4.78 is 0. The molecule has 0 radical (unpaired) electrons. The van der Waals surface area contributed by atoms with E-state index in [1.54, 1.807) is 0 Å². The van der Waals surface area contributed by atoms with E-state index >= 15 is 0 Å². The highest BCUT2D eigenvalue weighted by molar-refractivity contribution is 6.30. The van der Waals surface area contributed by atoms with Crippen molar-refractivity contribution in [2.24, 2.45) is 5.84 Å². The zero-order valence-electron chi connectivity index (χ0n) is 10.4. The molecule has 94 valence electrons. The van der Waals surface area contributed by atoms with E-state index in [0.29, 0.717) is 5.02 Å². The molecule has 1 heterocycles. The number of hydrogen-bond donors (Lipinski definition) is 2. The molecule has 0 saturated heterocycles. The second-order valence-electron chi connectivity index (χ2n) is 4.33. The fourth-order valence-corrected chi connectivity index (χ4v) is 2.12. The van der Waals surface area contributed by atoms with Crippen LogP contribution in [0.5, 0.6) is 0 Å². The highest BCUT2D eigenvalue weighted by Gasteiger charge is 2.15. The Balaban J connectivity index is 2.44. The summed E-state index contributed by atoms with van der Waals surface area (Å²) in [5.41, 5.74) is 7.04. The predicted molar refractivity (Wildman–Crippen MR) is 74.3 cm³/mol. The molecule has 1 atom stereocenters. The lowest BCUT2D eigenvalue weighted by atomic mass is 9.96. The summed E-state index contributed by atoms with van der Waals surface area (Å²) in [6.45, 7) is 4.00. The number of hydrogen-bond acceptors (Lipinski definition) is 3. The third kappa shape index (κ3) is 2.70. The van der Waals surface area contributed by atoms with Crippen LogP contribution in [-0.2, 0) is 0 Å². The molecular formula is C14H16ClN3. The number of rotatable bonds is 3. The Kier molecular flexibility index (Phi) is 3.97. The zero-order valence-corrected chi connectivity index (χ0v) is 11.2. The number of nitrogens with zero attached hydrogens (tertiary/aromatic N) is 1. The molecule has 1 aromatic carbocycles. The Morgan fingerprint density at radius 2 is 2.00 bits per heavy atom. The van der Waals surface area contributed by atoms with Gasteiger partial charge >= 0.3 is 0 Å². The number of nitrogens with one attached hydrogen (secondary N) is 1. The fraction of sp³-hybridized carbons (Fsp3) is 0.214. The van der Waals surface area contributed by atoms with Crippen LogP contribution < -0.4 is 11.3 Å². The van der Waals surface area contributed by atoms with Gasteiger partial charge in [0.2, 0.25) is 0 Å². The second kappa shape index (κ2) is 5.48. The number of halogens is 1. The van der Waals surface area contributed by atoms with Crippen molar-refractivity contribution in [3.8, 4) is 0 Å². The molecule has 0 saturated carbocycles. The van der Waals surface area contributed by atoms with E-state index in [-0.39, 0.29) is 6.04 Å². The Hall–Kier alpha value is -1.42. The summed E-state index contributed by atoms with van der Waals surface area (Å²) in [6.07, 6.45) is 1.83. The molecule has 3 nitrogen and oxygen atoms in total. The van der Waals surface area contributed by atoms with Crippen molar-refractivity contribution < 1.29 is 0 Å². The van der Waals surface area contributed by atoms with Gasteiger partial charge in [-0.3, -0.25) is 10.8 Å². The summed E-state index contributed by atoms with van der Waals surface area (Å²) in [7, 11) is 0. The first-order valence-electron chi connectivity index (χ1n) is 5.76. The van der Waals surface area contributed by atoms with E-state index in [9.17, 15) is 0 Å². The largest absolute Gasteiger partial charge is 0.271 e. The van der Waals surface area contributed by atoms with E-state index in [2.05, 4.69) is 10.4 Å². The quantitative estimate of drug-likeness (QED) is 0.660. The summed E-state index contributed by atoms with van der Waals surface area (Å²) in [5.74, 6) is 5.67. The van der Waals surface area contributed by atoms with Crippen LogP contribution in [0.1, 0.15) is 28.4 Å². The van der Waals surface area contributed by atoms with Crippen LogP contribution >= 0.6 is 11.6 Å². The highest BCUT2D eigenvalue weighted by Crippen LogP contribution is 2.26. The molecule has 2 aromatic rings. The number of hydrazine groups is 1. The third-order valence-electron chi connectivity index (χ3n) is 2.99. The molecule has 2 rings (SSSR count). The molecule has 1 aromatic heterocycles. The summed E-state index contributed by atoms with van der Waals surface area (Å²) in [4.78, 5) is 4.30. The maximum Gasteiger partial charge on any atom is 0.0728 e. The number of benzene rings is 1. The molecule has 18 heavy (non-hydrogen) atoms.